The van der Waals surface area contributed by atoms with E-state index in [9.17, 15) is 4.39 Å². The maximum absolute atomic E-state index is 14.2. The van der Waals surface area contributed by atoms with Gasteiger partial charge in [0.15, 0.2) is 0 Å². The minimum Gasteiger partial charge on any atom is -0.382 e. The third-order valence-electron chi connectivity index (χ3n) is 2.87. The highest BCUT2D eigenvalue weighted by atomic mass is 79.9. The van der Waals surface area contributed by atoms with Crippen molar-refractivity contribution in [3.63, 3.8) is 0 Å². The summed E-state index contributed by atoms with van der Waals surface area (Å²) in [5.74, 6) is 0. The molecule has 1 atom stereocenters. The van der Waals surface area contributed by atoms with Gasteiger partial charge in [0.05, 0.1) is 6.54 Å². The topological polar surface area (TPSA) is 24.1 Å². The molecule has 2 nitrogen and oxygen atoms in total. The molecule has 1 aromatic rings. The van der Waals surface area contributed by atoms with E-state index in [1.54, 1.807) is 0 Å². The summed E-state index contributed by atoms with van der Waals surface area (Å²) in [7, 11) is 0. The smallest absolute Gasteiger partial charge is 0.140 e. The van der Waals surface area contributed by atoms with Crippen LogP contribution in [0.2, 0.25) is 0 Å². The third-order valence-corrected chi connectivity index (χ3v) is 3.40. The Morgan fingerprint density at radius 2 is 2.12 bits per heavy atom. The largest absolute Gasteiger partial charge is 0.382 e. The number of piperidine rings is 1. The summed E-state index contributed by atoms with van der Waals surface area (Å²) in [5.41, 5.74) is -0.142. The molecule has 16 heavy (non-hydrogen) atoms. The van der Waals surface area contributed by atoms with Crippen molar-refractivity contribution in [2.75, 3.05) is 25.0 Å². The average Bonchev–Trinajstić information content (AvgIpc) is 2.29. The Morgan fingerprint density at radius 1 is 1.38 bits per heavy atom. The fraction of sp³-hybridized carbons (Fsp3) is 0.500. The summed E-state index contributed by atoms with van der Waals surface area (Å²) in [5, 5.41) is 6.24. The fourth-order valence-corrected chi connectivity index (χ4v) is 2.17. The van der Waals surface area contributed by atoms with Gasteiger partial charge in [-0.25, -0.2) is 4.39 Å². The van der Waals surface area contributed by atoms with Gasteiger partial charge >= 0.3 is 0 Å². The van der Waals surface area contributed by atoms with E-state index in [2.05, 4.69) is 26.6 Å². The SMILES string of the molecule is FC1(CNc2ccc(Br)cc2)CCCNC1. The minimum absolute atomic E-state index is 0.377. The van der Waals surface area contributed by atoms with Crippen molar-refractivity contribution in [1.29, 1.82) is 0 Å². The van der Waals surface area contributed by atoms with Crippen LogP contribution in [0, 0.1) is 0 Å². The van der Waals surface area contributed by atoms with Crippen LogP contribution in [-0.4, -0.2) is 25.3 Å². The molecule has 0 amide bonds. The van der Waals surface area contributed by atoms with Crippen LogP contribution in [0.3, 0.4) is 0 Å². The van der Waals surface area contributed by atoms with Gasteiger partial charge in [0.25, 0.3) is 0 Å². The Hall–Kier alpha value is -0.610. The van der Waals surface area contributed by atoms with Crippen LogP contribution >= 0.6 is 15.9 Å². The van der Waals surface area contributed by atoms with Crippen molar-refractivity contribution < 1.29 is 4.39 Å². The highest BCUT2D eigenvalue weighted by Gasteiger charge is 2.31. The molecule has 2 rings (SSSR count). The molecule has 2 N–H and O–H groups in total. The molecule has 1 saturated heterocycles. The molecule has 0 aromatic heterocycles. The van der Waals surface area contributed by atoms with Crippen LogP contribution in [0.15, 0.2) is 28.7 Å². The number of nitrogens with one attached hydrogen (secondary N) is 2. The molecule has 1 aliphatic heterocycles. The van der Waals surface area contributed by atoms with Gasteiger partial charge in [0.1, 0.15) is 5.67 Å². The highest BCUT2D eigenvalue weighted by molar-refractivity contribution is 9.10. The predicted molar refractivity (Wildman–Crippen MR) is 68.6 cm³/mol. The number of halogens is 2. The molecule has 1 heterocycles. The van der Waals surface area contributed by atoms with E-state index in [1.165, 1.54) is 0 Å². The molecular formula is C12H16BrFN2. The molecule has 88 valence electrons. The summed E-state index contributed by atoms with van der Waals surface area (Å²) in [6, 6.07) is 7.80. The third kappa shape index (κ3) is 3.19. The molecule has 0 bridgehead atoms. The minimum atomic E-state index is -1.11. The maximum Gasteiger partial charge on any atom is 0.140 e. The molecule has 0 radical (unpaired) electrons. The van der Waals surface area contributed by atoms with Crippen molar-refractivity contribution in [2.24, 2.45) is 0 Å². The van der Waals surface area contributed by atoms with Gasteiger partial charge in [-0.15, -0.1) is 0 Å². The second-order valence-corrected chi connectivity index (χ2v) is 5.21. The zero-order valence-electron chi connectivity index (χ0n) is 9.10. The normalized spacial score (nSPS) is 25.4. The first-order chi connectivity index (χ1) is 7.68. The number of hydrogen-bond acceptors (Lipinski definition) is 2. The lowest BCUT2D eigenvalue weighted by Crippen LogP contribution is -2.46. The second kappa shape index (κ2) is 5.15. The first-order valence-corrected chi connectivity index (χ1v) is 6.36. The molecule has 0 saturated carbocycles. The molecule has 1 aromatic carbocycles. The summed E-state index contributed by atoms with van der Waals surface area (Å²) < 4.78 is 15.2. The van der Waals surface area contributed by atoms with Crippen molar-refractivity contribution in [3.8, 4) is 0 Å². The molecule has 1 unspecified atom stereocenters. The number of rotatable bonds is 3. The van der Waals surface area contributed by atoms with Crippen LogP contribution in [0.1, 0.15) is 12.8 Å². The summed E-state index contributed by atoms with van der Waals surface area (Å²) in [6.45, 7) is 1.77. The number of benzene rings is 1. The van der Waals surface area contributed by atoms with Crippen molar-refractivity contribution in [1.82, 2.24) is 5.32 Å². The fourth-order valence-electron chi connectivity index (χ4n) is 1.91. The number of hydrogen-bond donors (Lipinski definition) is 2. The highest BCUT2D eigenvalue weighted by Crippen LogP contribution is 2.22. The van der Waals surface area contributed by atoms with Crippen LogP contribution in [0.5, 0.6) is 0 Å². The lowest BCUT2D eigenvalue weighted by molar-refractivity contribution is 0.137. The first kappa shape index (κ1) is 11.9. The summed E-state index contributed by atoms with van der Waals surface area (Å²) in [4.78, 5) is 0. The van der Waals surface area contributed by atoms with Crippen LogP contribution in [0.25, 0.3) is 0 Å². The monoisotopic (exact) mass is 286 g/mol. The Morgan fingerprint density at radius 3 is 2.75 bits per heavy atom. The van der Waals surface area contributed by atoms with Crippen LogP contribution in [-0.2, 0) is 0 Å². The van der Waals surface area contributed by atoms with E-state index in [0.29, 0.717) is 19.5 Å². The Bertz CT molecular complexity index is 333. The van der Waals surface area contributed by atoms with Gasteiger partial charge in [-0.1, -0.05) is 15.9 Å². The molecule has 1 aliphatic rings. The Labute approximate surface area is 104 Å². The zero-order chi connectivity index (χ0) is 11.4. The van der Waals surface area contributed by atoms with Gasteiger partial charge in [0, 0.05) is 16.7 Å². The molecular weight excluding hydrogens is 271 g/mol. The van der Waals surface area contributed by atoms with Gasteiger partial charge in [-0.3, -0.25) is 0 Å². The first-order valence-electron chi connectivity index (χ1n) is 5.57. The number of anilines is 1. The Kier molecular flexibility index (Phi) is 3.82. The quantitative estimate of drug-likeness (QED) is 0.893. The lowest BCUT2D eigenvalue weighted by Gasteiger charge is -2.30. The van der Waals surface area contributed by atoms with Crippen molar-refractivity contribution in [2.45, 2.75) is 18.5 Å². The zero-order valence-corrected chi connectivity index (χ0v) is 10.7. The Balaban J connectivity index is 1.88. The van der Waals surface area contributed by atoms with Gasteiger partial charge in [-0.05, 0) is 43.7 Å². The maximum atomic E-state index is 14.2. The lowest BCUT2D eigenvalue weighted by atomic mass is 9.96. The van der Waals surface area contributed by atoms with Crippen molar-refractivity contribution in [3.05, 3.63) is 28.7 Å². The molecule has 0 spiro atoms. The molecule has 0 aliphatic carbocycles. The van der Waals surface area contributed by atoms with Crippen molar-refractivity contribution >= 4 is 21.6 Å². The van der Waals surface area contributed by atoms with Gasteiger partial charge in [-0.2, -0.15) is 0 Å². The summed E-state index contributed by atoms with van der Waals surface area (Å²) >= 11 is 3.37. The molecule has 1 fully saturated rings. The van der Waals surface area contributed by atoms with Gasteiger partial charge in [0.2, 0.25) is 0 Å². The predicted octanol–water partition coefficient (Wildman–Crippen LogP) is 2.95. The average molecular weight is 287 g/mol. The van der Waals surface area contributed by atoms with E-state index < -0.39 is 5.67 Å². The summed E-state index contributed by atoms with van der Waals surface area (Å²) in [6.07, 6.45) is 1.56. The van der Waals surface area contributed by atoms with Crippen LogP contribution in [0.4, 0.5) is 10.1 Å². The number of alkyl halides is 1. The van der Waals surface area contributed by atoms with E-state index in [-0.39, 0.29) is 0 Å². The van der Waals surface area contributed by atoms with E-state index >= 15 is 0 Å². The molecule has 4 heteroatoms. The van der Waals surface area contributed by atoms with E-state index in [4.69, 9.17) is 0 Å². The second-order valence-electron chi connectivity index (χ2n) is 4.29. The standard InChI is InChI=1S/C12H16BrFN2/c13-10-2-4-11(5-3-10)16-9-12(14)6-1-7-15-8-12/h2-5,15-16H,1,6-9H2. The van der Waals surface area contributed by atoms with Gasteiger partial charge < -0.3 is 10.6 Å². The van der Waals surface area contributed by atoms with Crippen LogP contribution < -0.4 is 10.6 Å². The van der Waals surface area contributed by atoms with E-state index in [1.807, 2.05) is 24.3 Å². The van der Waals surface area contributed by atoms with E-state index in [0.717, 1.165) is 23.1 Å².